The van der Waals surface area contributed by atoms with Gasteiger partial charge in [-0.25, -0.2) is 8.42 Å². The zero-order chi connectivity index (χ0) is 13.2. The highest BCUT2D eigenvalue weighted by Crippen LogP contribution is 2.09. The van der Waals surface area contributed by atoms with Crippen LogP contribution in [0.4, 0.5) is 0 Å². The molecule has 0 aromatic rings. The molecule has 0 amide bonds. The third-order valence-electron chi connectivity index (χ3n) is 2.94. The van der Waals surface area contributed by atoms with Gasteiger partial charge >= 0.3 is 0 Å². The summed E-state index contributed by atoms with van der Waals surface area (Å²) in [6.45, 7) is 5.35. The lowest BCUT2D eigenvalue weighted by Gasteiger charge is -2.21. The van der Waals surface area contributed by atoms with Gasteiger partial charge in [0.1, 0.15) is 0 Å². The van der Waals surface area contributed by atoms with Crippen molar-refractivity contribution in [2.75, 3.05) is 26.4 Å². The van der Waals surface area contributed by atoms with E-state index in [0.717, 1.165) is 26.2 Å². The summed E-state index contributed by atoms with van der Waals surface area (Å²) in [7, 11) is -2.69. The van der Waals surface area contributed by atoms with E-state index in [1.54, 1.807) is 0 Å². The summed E-state index contributed by atoms with van der Waals surface area (Å²) in [4.78, 5) is 4.48. The van der Waals surface area contributed by atoms with E-state index in [1.165, 1.54) is 25.7 Å². The molecule has 5 nitrogen and oxygen atoms in total. The second kappa shape index (κ2) is 9.22. The largest absolute Gasteiger partial charge is 0.359 e. The lowest BCUT2D eigenvalue weighted by atomic mass is 10.2. The van der Waals surface area contributed by atoms with Gasteiger partial charge < -0.3 is 9.80 Å². The van der Waals surface area contributed by atoms with E-state index in [-0.39, 0.29) is 6.61 Å². The van der Waals surface area contributed by atoms with Crippen molar-refractivity contribution < 1.29 is 12.6 Å². The Hall–Kier alpha value is -0.750. The predicted molar refractivity (Wildman–Crippen MR) is 72.4 cm³/mol. The van der Waals surface area contributed by atoms with Gasteiger partial charge in [0.25, 0.3) is 11.0 Å². The Labute approximate surface area is 112 Å². The molecule has 1 heterocycles. The molecule has 0 fully saturated rings. The van der Waals surface area contributed by atoms with Crippen molar-refractivity contribution >= 4 is 11.0 Å². The molecule has 1 aliphatic rings. The molecule has 0 aliphatic carbocycles. The van der Waals surface area contributed by atoms with Crippen LogP contribution < -0.4 is 0 Å². The zero-order valence-corrected chi connectivity index (χ0v) is 12.0. The minimum atomic E-state index is -2.69. The van der Waals surface area contributed by atoms with Gasteiger partial charge in [-0.15, -0.1) is 0 Å². The molecule has 18 heavy (non-hydrogen) atoms. The summed E-state index contributed by atoms with van der Waals surface area (Å²) in [5.74, 6) is 0. The zero-order valence-electron chi connectivity index (χ0n) is 11.1. The average molecular weight is 276 g/mol. The molecule has 0 unspecified atom stereocenters. The summed E-state index contributed by atoms with van der Waals surface area (Å²) >= 11 is 0. The first-order valence-corrected chi connectivity index (χ1v) is 7.75. The lowest BCUT2D eigenvalue weighted by Crippen LogP contribution is -2.27. The number of thiol groups is 1. The number of unbranched alkanes of at least 4 members (excludes halogenated alkanes) is 3. The molecule has 6 heteroatoms. The number of hydrogen-bond donors (Lipinski definition) is 1. The minimum absolute atomic E-state index is 0.277. The van der Waals surface area contributed by atoms with Gasteiger partial charge in [0.2, 0.25) is 0 Å². The van der Waals surface area contributed by atoms with Gasteiger partial charge in [-0.1, -0.05) is 26.2 Å². The first-order valence-electron chi connectivity index (χ1n) is 6.66. The van der Waals surface area contributed by atoms with Crippen molar-refractivity contribution in [3.8, 4) is 0 Å². The van der Waals surface area contributed by atoms with Crippen LogP contribution >= 0.6 is 0 Å². The van der Waals surface area contributed by atoms with Crippen LogP contribution in [-0.2, 0) is 15.2 Å². The number of nitrogens with zero attached hydrogens (tertiary/aromatic N) is 2. The van der Waals surface area contributed by atoms with Crippen LogP contribution in [0.3, 0.4) is 0 Å². The highest BCUT2D eigenvalue weighted by atomic mass is 32.2. The molecule has 0 spiro atoms. The second-order valence-electron chi connectivity index (χ2n) is 4.54. The van der Waals surface area contributed by atoms with Gasteiger partial charge in [-0.05, 0) is 12.8 Å². The fraction of sp³-hybridized carbons (Fsp3) is 0.833. The molecule has 106 valence electrons. The molecule has 1 rings (SSSR count). The molecular weight excluding hydrogens is 252 g/mol. The normalized spacial score (nSPS) is 15.0. The Kier molecular flexibility index (Phi) is 7.84. The number of hydrogen-bond acceptors (Lipinski definition) is 5. The summed E-state index contributed by atoms with van der Waals surface area (Å²) in [5, 5.41) is 0. The smallest absolute Gasteiger partial charge is 0.257 e. The molecule has 0 aromatic carbocycles. The Bertz CT molecular complexity index is 310. The predicted octanol–water partition coefficient (Wildman–Crippen LogP) is 1.55. The lowest BCUT2D eigenvalue weighted by molar-refractivity contribution is 0.240. The molecule has 0 radical (unpaired) electrons. The Morgan fingerprint density at radius 2 is 1.72 bits per heavy atom. The van der Waals surface area contributed by atoms with Crippen LogP contribution in [0.5, 0.6) is 0 Å². The van der Waals surface area contributed by atoms with Gasteiger partial charge in [0, 0.05) is 25.5 Å². The van der Waals surface area contributed by atoms with Crippen molar-refractivity contribution in [3.63, 3.8) is 0 Å². The molecule has 1 aliphatic heterocycles. The van der Waals surface area contributed by atoms with Crippen molar-refractivity contribution in [2.45, 2.75) is 39.0 Å². The minimum Gasteiger partial charge on any atom is -0.359 e. The molecule has 0 saturated heterocycles. The molecule has 0 saturated carbocycles. The van der Waals surface area contributed by atoms with Gasteiger partial charge in [0.05, 0.1) is 13.3 Å². The SMILES string of the molecule is CCCCCCN1C=CN(CCCO[SH](=O)=O)C1. The second-order valence-corrected chi connectivity index (χ2v) is 5.24. The summed E-state index contributed by atoms with van der Waals surface area (Å²) in [6.07, 6.45) is 10.0. The summed E-state index contributed by atoms with van der Waals surface area (Å²) in [6, 6.07) is 0. The summed E-state index contributed by atoms with van der Waals surface area (Å²) < 4.78 is 24.9. The van der Waals surface area contributed by atoms with E-state index in [9.17, 15) is 8.42 Å². The van der Waals surface area contributed by atoms with Crippen LogP contribution in [-0.4, -0.2) is 44.6 Å². The fourth-order valence-corrected chi connectivity index (χ4v) is 2.23. The van der Waals surface area contributed by atoms with Crippen molar-refractivity contribution in [1.82, 2.24) is 9.80 Å². The third kappa shape index (κ3) is 6.86. The van der Waals surface area contributed by atoms with E-state index >= 15 is 0 Å². The van der Waals surface area contributed by atoms with E-state index in [4.69, 9.17) is 0 Å². The summed E-state index contributed by atoms with van der Waals surface area (Å²) in [5.41, 5.74) is 0. The van der Waals surface area contributed by atoms with Crippen LogP contribution in [0.15, 0.2) is 12.4 Å². The first kappa shape index (κ1) is 15.3. The highest BCUT2D eigenvalue weighted by Gasteiger charge is 2.10. The average Bonchev–Trinajstić information content (AvgIpc) is 2.78. The molecule has 0 atom stereocenters. The molecule has 0 bridgehead atoms. The van der Waals surface area contributed by atoms with Gasteiger partial charge in [-0.3, -0.25) is 4.18 Å². The highest BCUT2D eigenvalue weighted by molar-refractivity contribution is 7.67. The maximum Gasteiger partial charge on any atom is 0.257 e. The molecular formula is C12H24N2O3S. The Morgan fingerprint density at radius 3 is 2.33 bits per heavy atom. The fourth-order valence-electron chi connectivity index (χ4n) is 1.96. The van der Waals surface area contributed by atoms with Crippen LogP contribution in [0.1, 0.15) is 39.0 Å². The van der Waals surface area contributed by atoms with Crippen LogP contribution in [0.2, 0.25) is 0 Å². The molecule has 0 aromatic heterocycles. The van der Waals surface area contributed by atoms with Gasteiger partial charge in [0.15, 0.2) is 0 Å². The Morgan fingerprint density at radius 1 is 1.06 bits per heavy atom. The first-order chi connectivity index (χ1) is 8.72. The Balaban J connectivity index is 2.01. The van der Waals surface area contributed by atoms with Crippen molar-refractivity contribution in [1.29, 1.82) is 0 Å². The van der Waals surface area contributed by atoms with E-state index < -0.39 is 11.0 Å². The van der Waals surface area contributed by atoms with Gasteiger partial charge in [-0.2, -0.15) is 0 Å². The van der Waals surface area contributed by atoms with Crippen LogP contribution in [0, 0.1) is 0 Å². The standard InChI is InChI=1S/C12H24N2O3S/c1-2-3-4-5-7-13-9-10-14(12-13)8-6-11-17-18(15)16/h9-10,18H,2-8,11-12H2,1H3. The maximum atomic E-state index is 10.2. The molecule has 0 N–H and O–H groups in total. The van der Waals surface area contributed by atoms with E-state index in [1.807, 2.05) is 0 Å². The van der Waals surface area contributed by atoms with E-state index in [0.29, 0.717) is 0 Å². The number of rotatable bonds is 10. The topological polar surface area (TPSA) is 49.9 Å². The van der Waals surface area contributed by atoms with Crippen molar-refractivity contribution in [3.05, 3.63) is 12.4 Å². The van der Waals surface area contributed by atoms with Crippen molar-refractivity contribution in [2.24, 2.45) is 0 Å². The maximum absolute atomic E-state index is 10.2. The quantitative estimate of drug-likeness (QED) is 0.484. The third-order valence-corrected chi connectivity index (χ3v) is 3.33. The van der Waals surface area contributed by atoms with E-state index in [2.05, 4.69) is 33.3 Å². The monoisotopic (exact) mass is 276 g/mol. The van der Waals surface area contributed by atoms with Crippen LogP contribution in [0.25, 0.3) is 0 Å².